The molecule has 1 amide bonds. The van der Waals surface area contributed by atoms with Crippen molar-refractivity contribution in [3.05, 3.63) is 84.0 Å². The minimum absolute atomic E-state index is 0.119. The average molecular weight is 467 g/mol. The third-order valence-electron chi connectivity index (χ3n) is 4.47. The van der Waals surface area contributed by atoms with Crippen LogP contribution in [0.3, 0.4) is 0 Å². The number of hydrogen-bond acceptors (Lipinski definition) is 7. The van der Waals surface area contributed by atoms with Gasteiger partial charge in [0.05, 0.1) is 24.5 Å². The molecule has 0 saturated heterocycles. The summed E-state index contributed by atoms with van der Waals surface area (Å²) in [6, 6.07) is 15.9. The van der Waals surface area contributed by atoms with Crippen molar-refractivity contribution in [2.45, 2.75) is 18.2 Å². The molecule has 0 radical (unpaired) electrons. The predicted molar refractivity (Wildman–Crippen MR) is 124 cm³/mol. The van der Waals surface area contributed by atoms with Crippen LogP contribution in [0, 0.1) is 5.82 Å². The smallest absolute Gasteiger partial charge is 0.239 e. The number of aromatic nitrogens is 5. The highest BCUT2D eigenvalue weighted by molar-refractivity contribution is 7.99. The summed E-state index contributed by atoms with van der Waals surface area (Å²) in [6.07, 6.45) is 1.69. The van der Waals surface area contributed by atoms with Gasteiger partial charge in [-0.25, -0.2) is 14.1 Å². The second-order valence-corrected chi connectivity index (χ2v) is 8.49. The predicted octanol–water partition coefficient (Wildman–Crippen LogP) is 4.45. The van der Waals surface area contributed by atoms with E-state index in [4.69, 9.17) is 0 Å². The number of anilines is 1. The van der Waals surface area contributed by atoms with Gasteiger partial charge in [-0.05, 0) is 40.3 Å². The van der Waals surface area contributed by atoms with Gasteiger partial charge in [0.1, 0.15) is 5.82 Å². The maximum absolute atomic E-state index is 13.3. The summed E-state index contributed by atoms with van der Waals surface area (Å²) in [5.74, 6) is -0.275. The first-order chi connectivity index (χ1) is 15.6. The van der Waals surface area contributed by atoms with Crippen molar-refractivity contribution in [3.63, 3.8) is 0 Å². The molecule has 32 heavy (non-hydrogen) atoms. The van der Waals surface area contributed by atoms with Gasteiger partial charge in [-0.2, -0.15) is 0 Å². The summed E-state index contributed by atoms with van der Waals surface area (Å²) < 4.78 is 14.9. The molecule has 0 aliphatic carbocycles. The van der Waals surface area contributed by atoms with Crippen molar-refractivity contribution in [2.24, 2.45) is 0 Å². The molecule has 0 aliphatic heterocycles. The van der Waals surface area contributed by atoms with Crippen molar-refractivity contribution >= 4 is 34.1 Å². The monoisotopic (exact) mass is 466 g/mol. The number of thioether (sulfide) groups is 1. The summed E-state index contributed by atoms with van der Waals surface area (Å²) in [4.78, 5) is 19.5. The van der Waals surface area contributed by atoms with Crippen LogP contribution in [-0.4, -0.2) is 36.9 Å². The lowest BCUT2D eigenvalue weighted by atomic mass is 10.2. The zero-order valence-electron chi connectivity index (χ0n) is 17.0. The van der Waals surface area contributed by atoms with E-state index in [1.165, 1.54) is 35.2 Å². The van der Waals surface area contributed by atoms with Crippen LogP contribution in [0.15, 0.2) is 77.8 Å². The summed E-state index contributed by atoms with van der Waals surface area (Å²) in [7, 11) is 0. The first kappa shape index (κ1) is 21.8. The molecule has 0 aliphatic rings. The maximum atomic E-state index is 13.3. The molecule has 0 spiro atoms. The van der Waals surface area contributed by atoms with Crippen molar-refractivity contribution < 1.29 is 9.18 Å². The second kappa shape index (κ2) is 10.3. The Bertz CT molecular complexity index is 1190. The first-order valence-electron chi connectivity index (χ1n) is 9.69. The average Bonchev–Trinajstić information content (AvgIpc) is 3.47. The number of halogens is 1. The molecular formula is C22H19FN6OS2. The Labute approximate surface area is 192 Å². The normalized spacial score (nSPS) is 10.8. The number of carbonyl (C=O) groups excluding carboxylic acids is 1. The lowest BCUT2D eigenvalue weighted by molar-refractivity contribution is -0.116. The van der Waals surface area contributed by atoms with Crippen LogP contribution in [-0.2, 0) is 17.9 Å². The zero-order chi connectivity index (χ0) is 22.3. The lowest BCUT2D eigenvalue weighted by Gasteiger charge is -2.20. The number of allylic oxidation sites excluding steroid dienone is 1. The molecule has 0 saturated carbocycles. The Hall–Kier alpha value is -3.37. The number of benzene rings is 2. The third kappa shape index (κ3) is 5.27. The molecule has 2 aromatic heterocycles. The number of hydrogen-bond donors (Lipinski definition) is 0. The molecule has 0 fully saturated rings. The summed E-state index contributed by atoms with van der Waals surface area (Å²) in [5, 5.41) is 14.5. The topological polar surface area (TPSA) is 76.8 Å². The highest BCUT2D eigenvalue weighted by atomic mass is 32.2. The second-order valence-electron chi connectivity index (χ2n) is 6.71. The van der Waals surface area contributed by atoms with E-state index in [1.807, 2.05) is 35.7 Å². The zero-order valence-corrected chi connectivity index (χ0v) is 18.6. The maximum Gasteiger partial charge on any atom is 0.239 e. The summed E-state index contributed by atoms with van der Waals surface area (Å²) >= 11 is 2.63. The minimum Gasteiger partial charge on any atom is -0.283 e. The van der Waals surface area contributed by atoms with Gasteiger partial charge >= 0.3 is 0 Å². The van der Waals surface area contributed by atoms with Gasteiger partial charge in [-0.1, -0.05) is 48.2 Å². The molecule has 2 aromatic carbocycles. The third-order valence-corrected chi connectivity index (χ3v) is 6.28. The van der Waals surface area contributed by atoms with E-state index in [0.717, 1.165) is 11.1 Å². The SMILES string of the molecule is C=CCn1nnnc1SCC(=O)N(Cc1ccccc1)c1nc(-c2ccc(F)cc2)cs1. The van der Waals surface area contributed by atoms with Gasteiger partial charge in [0.2, 0.25) is 11.1 Å². The van der Waals surface area contributed by atoms with Crippen molar-refractivity contribution in [1.82, 2.24) is 25.2 Å². The molecule has 0 bridgehead atoms. The Kier molecular flexibility index (Phi) is 7.03. The quantitative estimate of drug-likeness (QED) is 0.268. The molecule has 4 aromatic rings. The molecule has 10 heteroatoms. The van der Waals surface area contributed by atoms with Crippen LogP contribution < -0.4 is 4.90 Å². The molecule has 2 heterocycles. The molecule has 0 N–H and O–H groups in total. The Balaban J connectivity index is 1.56. The van der Waals surface area contributed by atoms with Crippen LogP contribution in [0.5, 0.6) is 0 Å². The van der Waals surface area contributed by atoms with Crippen molar-refractivity contribution in [1.29, 1.82) is 0 Å². The van der Waals surface area contributed by atoms with Crippen LogP contribution in [0.2, 0.25) is 0 Å². The van der Waals surface area contributed by atoms with E-state index in [0.29, 0.717) is 29.1 Å². The number of carbonyl (C=O) groups is 1. The Morgan fingerprint density at radius 3 is 2.72 bits per heavy atom. The summed E-state index contributed by atoms with van der Waals surface area (Å²) in [5.41, 5.74) is 2.47. The number of thiazole rings is 1. The fraction of sp³-hybridized carbons (Fsp3) is 0.136. The van der Waals surface area contributed by atoms with Crippen molar-refractivity contribution in [3.8, 4) is 11.3 Å². The largest absolute Gasteiger partial charge is 0.283 e. The summed E-state index contributed by atoms with van der Waals surface area (Å²) in [6.45, 7) is 4.54. The van der Waals surface area contributed by atoms with Crippen LogP contribution >= 0.6 is 23.1 Å². The van der Waals surface area contributed by atoms with Gasteiger partial charge in [0.15, 0.2) is 5.13 Å². The van der Waals surface area contributed by atoms with Crippen LogP contribution in [0.1, 0.15) is 5.56 Å². The molecule has 0 unspecified atom stereocenters. The fourth-order valence-electron chi connectivity index (χ4n) is 2.91. The van der Waals surface area contributed by atoms with E-state index in [-0.39, 0.29) is 17.5 Å². The van der Waals surface area contributed by atoms with Gasteiger partial charge in [-0.3, -0.25) is 9.69 Å². The molecule has 0 atom stereocenters. The van der Waals surface area contributed by atoms with Crippen LogP contribution in [0.4, 0.5) is 9.52 Å². The van der Waals surface area contributed by atoms with Gasteiger partial charge in [0.25, 0.3) is 0 Å². The molecule has 4 rings (SSSR count). The van der Waals surface area contributed by atoms with E-state index < -0.39 is 0 Å². The molecular weight excluding hydrogens is 447 g/mol. The number of tetrazole rings is 1. The number of rotatable bonds is 9. The Morgan fingerprint density at radius 1 is 1.19 bits per heavy atom. The number of amides is 1. The minimum atomic E-state index is -0.305. The van der Waals surface area contributed by atoms with E-state index >= 15 is 0 Å². The fourth-order valence-corrected chi connectivity index (χ4v) is 4.52. The van der Waals surface area contributed by atoms with Crippen molar-refractivity contribution in [2.75, 3.05) is 10.7 Å². The molecule has 7 nitrogen and oxygen atoms in total. The molecule has 162 valence electrons. The van der Waals surface area contributed by atoms with E-state index in [2.05, 4.69) is 27.1 Å². The lowest BCUT2D eigenvalue weighted by Crippen LogP contribution is -2.32. The highest BCUT2D eigenvalue weighted by Crippen LogP contribution is 2.29. The number of nitrogens with zero attached hydrogens (tertiary/aromatic N) is 6. The first-order valence-corrected chi connectivity index (χ1v) is 11.6. The van der Waals surface area contributed by atoms with E-state index in [1.54, 1.807) is 27.8 Å². The standard InChI is InChI=1S/C22H19FN6OS2/c1-2-12-29-22(25-26-27-29)32-15-20(30)28(13-16-6-4-3-5-7-16)21-24-19(14-31-21)17-8-10-18(23)11-9-17/h2-11,14H,1,12-13,15H2. The Morgan fingerprint density at radius 2 is 1.97 bits per heavy atom. The van der Waals surface area contributed by atoms with Gasteiger partial charge in [0, 0.05) is 10.9 Å². The van der Waals surface area contributed by atoms with E-state index in [9.17, 15) is 9.18 Å². The van der Waals surface area contributed by atoms with Crippen LogP contribution in [0.25, 0.3) is 11.3 Å². The van der Waals surface area contributed by atoms with Gasteiger partial charge < -0.3 is 0 Å². The highest BCUT2D eigenvalue weighted by Gasteiger charge is 2.21. The van der Waals surface area contributed by atoms with Gasteiger partial charge in [-0.15, -0.1) is 23.0 Å².